The van der Waals surface area contributed by atoms with Crippen LogP contribution in [0.25, 0.3) is 0 Å². The lowest BCUT2D eigenvalue weighted by Crippen LogP contribution is -2.50. The largest absolute Gasteiger partial charge is 0.493 e. The van der Waals surface area contributed by atoms with Gasteiger partial charge in [0, 0.05) is 38.2 Å². The highest BCUT2D eigenvalue weighted by Crippen LogP contribution is 2.31. The van der Waals surface area contributed by atoms with Gasteiger partial charge in [-0.05, 0) is 18.2 Å². The van der Waals surface area contributed by atoms with Gasteiger partial charge in [0.25, 0.3) is 0 Å². The van der Waals surface area contributed by atoms with E-state index in [1.807, 2.05) is 35.2 Å². The number of rotatable bonds is 4. The van der Waals surface area contributed by atoms with Crippen molar-refractivity contribution in [2.75, 3.05) is 44.2 Å². The molecule has 0 spiro atoms. The van der Waals surface area contributed by atoms with Gasteiger partial charge in [-0.3, -0.25) is 9.69 Å². The second-order valence-corrected chi connectivity index (χ2v) is 7.01. The van der Waals surface area contributed by atoms with E-state index in [-0.39, 0.29) is 17.8 Å². The quantitative estimate of drug-likeness (QED) is 0.900. The third-order valence-electron chi connectivity index (χ3n) is 5.23. The minimum atomic E-state index is -0.193. The molecule has 2 aliphatic rings. The van der Waals surface area contributed by atoms with Crippen molar-refractivity contribution in [3.05, 3.63) is 59.9 Å². The Hall–Kier alpha value is -2.60. The van der Waals surface area contributed by atoms with E-state index in [0.717, 1.165) is 30.8 Å². The first-order valence-electron chi connectivity index (χ1n) is 9.43. The number of piperazine rings is 1. The van der Waals surface area contributed by atoms with Crippen molar-refractivity contribution in [1.29, 1.82) is 0 Å². The molecule has 1 unspecified atom stereocenters. The minimum Gasteiger partial charge on any atom is -0.493 e. The topological polar surface area (TPSA) is 44.8 Å². The number of amides is 1. The second-order valence-electron chi connectivity index (χ2n) is 7.01. The van der Waals surface area contributed by atoms with Crippen LogP contribution in [-0.4, -0.2) is 50.1 Å². The van der Waals surface area contributed by atoms with E-state index in [1.54, 1.807) is 12.1 Å². The number of nitrogens with one attached hydrogen (secondary N) is 1. The lowest BCUT2D eigenvalue weighted by molar-refractivity contribution is -0.123. The molecule has 4 rings (SSSR count). The molecule has 1 fully saturated rings. The summed E-state index contributed by atoms with van der Waals surface area (Å²) in [6.07, 6.45) is 0.782. The van der Waals surface area contributed by atoms with Gasteiger partial charge in [0.05, 0.1) is 24.9 Å². The first kappa shape index (κ1) is 17.8. The molecule has 0 aliphatic carbocycles. The molecular formula is C21H24FN3O2. The molecule has 5 nitrogen and oxygen atoms in total. The van der Waals surface area contributed by atoms with Crippen LogP contribution in [0.15, 0.2) is 48.5 Å². The molecule has 2 aromatic rings. The molecule has 0 aromatic heterocycles. The Balaban J connectivity index is 1.30. The number of ether oxygens (including phenoxy) is 1. The summed E-state index contributed by atoms with van der Waals surface area (Å²) in [5, 5.41) is 3.14. The molecular weight excluding hydrogens is 345 g/mol. The van der Waals surface area contributed by atoms with E-state index >= 15 is 0 Å². The van der Waals surface area contributed by atoms with E-state index in [0.29, 0.717) is 31.9 Å². The van der Waals surface area contributed by atoms with Crippen LogP contribution in [0, 0.1) is 5.82 Å². The lowest BCUT2D eigenvalue weighted by Gasteiger charge is -2.36. The summed E-state index contributed by atoms with van der Waals surface area (Å²) in [6, 6.07) is 14.7. The van der Waals surface area contributed by atoms with E-state index in [4.69, 9.17) is 4.74 Å². The van der Waals surface area contributed by atoms with Crippen LogP contribution in [0.1, 0.15) is 18.0 Å². The third-order valence-corrected chi connectivity index (χ3v) is 5.23. The fraction of sp³-hybridized carbons (Fsp3) is 0.381. The van der Waals surface area contributed by atoms with Gasteiger partial charge in [0.15, 0.2) is 0 Å². The van der Waals surface area contributed by atoms with Gasteiger partial charge in [-0.25, -0.2) is 4.39 Å². The first-order valence-corrected chi connectivity index (χ1v) is 9.43. The van der Waals surface area contributed by atoms with Crippen LogP contribution in [-0.2, 0) is 4.79 Å². The number of benzene rings is 2. The molecule has 142 valence electrons. The van der Waals surface area contributed by atoms with E-state index in [9.17, 15) is 9.18 Å². The number of fused-ring (bicyclic) bond motifs is 1. The van der Waals surface area contributed by atoms with Gasteiger partial charge >= 0.3 is 0 Å². The Kier molecular flexibility index (Phi) is 5.25. The predicted molar refractivity (Wildman–Crippen MR) is 102 cm³/mol. The molecule has 2 aliphatic heterocycles. The summed E-state index contributed by atoms with van der Waals surface area (Å²) in [5.74, 6) is 0.686. The average Bonchev–Trinajstić information content (AvgIpc) is 2.69. The first-order chi connectivity index (χ1) is 13.2. The summed E-state index contributed by atoms with van der Waals surface area (Å²) in [7, 11) is 0. The Labute approximate surface area is 158 Å². The number of hydrogen-bond donors (Lipinski definition) is 1. The van der Waals surface area contributed by atoms with E-state index in [1.165, 1.54) is 6.07 Å². The highest BCUT2D eigenvalue weighted by Gasteiger charge is 2.25. The zero-order valence-electron chi connectivity index (χ0n) is 15.2. The Morgan fingerprint density at radius 2 is 1.81 bits per heavy atom. The molecule has 27 heavy (non-hydrogen) atoms. The molecule has 1 atom stereocenters. The predicted octanol–water partition coefficient (Wildman–Crippen LogP) is 2.59. The maximum atomic E-state index is 13.9. The van der Waals surface area contributed by atoms with Crippen molar-refractivity contribution in [2.45, 2.75) is 12.5 Å². The van der Waals surface area contributed by atoms with Crippen molar-refractivity contribution >= 4 is 11.6 Å². The number of nitrogens with zero attached hydrogens (tertiary/aromatic N) is 2. The van der Waals surface area contributed by atoms with Crippen LogP contribution in [0.2, 0.25) is 0 Å². The van der Waals surface area contributed by atoms with Crippen molar-refractivity contribution in [3.63, 3.8) is 0 Å². The monoisotopic (exact) mass is 369 g/mol. The molecule has 1 N–H and O–H groups in total. The maximum absolute atomic E-state index is 13.9. The second kappa shape index (κ2) is 7.96. The molecule has 0 bridgehead atoms. The molecule has 1 amide bonds. The number of hydrogen-bond acceptors (Lipinski definition) is 4. The molecule has 2 heterocycles. The molecule has 0 saturated carbocycles. The summed E-state index contributed by atoms with van der Waals surface area (Å²) < 4.78 is 19.6. The van der Waals surface area contributed by atoms with Crippen LogP contribution >= 0.6 is 0 Å². The zero-order valence-corrected chi connectivity index (χ0v) is 15.2. The highest BCUT2D eigenvalue weighted by atomic mass is 19.1. The molecule has 1 saturated heterocycles. The van der Waals surface area contributed by atoms with Gasteiger partial charge < -0.3 is 15.0 Å². The van der Waals surface area contributed by atoms with Crippen LogP contribution in [0.5, 0.6) is 5.75 Å². The molecule has 6 heteroatoms. The molecule has 0 radical (unpaired) electrons. The summed E-state index contributed by atoms with van der Waals surface area (Å²) >= 11 is 0. The Morgan fingerprint density at radius 3 is 2.63 bits per heavy atom. The average molecular weight is 369 g/mol. The number of carbonyl (C=O) groups is 1. The maximum Gasteiger partial charge on any atom is 0.234 e. The smallest absolute Gasteiger partial charge is 0.234 e. The SMILES string of the molecule is O=C(CN1CCN(c2ccccc2F)CC1)NC1CCOc2ccccc21. The van der Waals surface area contributed by atoms with Gasteiger partial charge in [0.2, 0.25) is 5.91 Å². The lowest BCUT2D eigenvalue weighted by atomic mass is 10.0. The third kappa shape index (κ3) is 4.06. The summed E-state index contributed by atoms with van der Waals surface area (Å²) in [5.41, 5.74) is 1.68. The Bertz CT molecular complexity index is 806. The number of para-hydroxylation sites is 2. The summed E-state index contributed by atoms with van der Waals surface area (Å²) in [4.78, 5) is 16.7. The fourth-order valence-corrected chi connectivity index (χ4v) is 3.79. The van der Waals surface area contributed by atoms with Crippen molar-refractivity contribution < 1.29 is 13.9 Å². The minimum absolute atomic E-state index is 0.00199. The van der Waals surface area contributed by atoms with Crippen LogP contribution < -0.4 is 15.0 Å². The number of anilines is 1. The number of carbonyl (C=O) groups excluding carboxylic acids is 1. The fourth-order valence-electron chi connectivity index (χ4n) is 3.79. The molecule has 2 aromatic carbocycles. The zero-order chi connectivity index (χ0) is 18.6. The highest BCUT2D eigenvalue weighted by molar-refractivity contribution is 5.78. The van der Waals surface area contributed by atoms with Gasteiger partial charge in [0.1, 0.15) is 11.6 Å². The van der Waals surface area contributed by atoms with Gasteiger partial charge in [-0.15, -0.1) is 0 Å². The standard InChI is InChI=1S/C21H24FN3O2/c22-17-6-2-3-7-19(17)25-12-10-24(11-13-25)15-21(26)23-18-9-14-27-20-8-4-1-5-16(18)20/h1-8,18H,9-15H2,(H,23,26). The van der Waals surface area contributed by atoms with Crippen molar-refractivity contribution in [2.24, 2.45) is 0 Å². The summed E-state index contributed by atoms with van der Waals surface area (Å²) in [6.45, 7) is 3.90. The van der Waals surface area contributed by atoms with Crippen LogP contribution in [0.3, 0.4) is 0 Å². The van der Waals surface area contributed by atoms with E-state index in [2.05, 4.69) is 10.2 Å². The van der Waals surface area contributed by atoms with Crippen LogP contribution in [0.4, 0.5) is 10.1 Å². The van der Waals surface area contributed by atoms with Gasteiger partial charge in [-0.2, -0.15) is 0 Å². The van der Waals surface area contributed by atoms with Crippen molar-refractivity contribution in [1.82, 2.24) is 10.2 Å². The van der Waals surface area contributed by atoms with Gasteiger partial charge in [-0.1, -0.05) is 30.3 Å². The van der Waals surface area contributed by atoms with E-state index < -0.39 is 0 Å². The number of halogens is 1. The van der Waals surface area contributed by atoms with Crippen molar-refractivity contribution in [3.8, 4) is 5.75 Å². The normalized spacial score (nSPS) is 19.9. The Morgan fingerprint density at radius 1 is 1.07 bits per heavy atom.